The van der Waals surface area contributed by atoms with Crippen molar-refractivity contribution in [1.29, 1.82) is 0 Å². The van der Waals surface area contributed by atoms with Gasteiger partial charge in [0.25, 0.3) is 0 Å². The average molecular weight is 536 g/mol. The third-order valence-electron chi connectivity index (χ3n) is 5.85. The van der Waals surface area contributed by atoms with Crippen LogP contribution >= 0.6 is 35.3 Å². The molecule has 2 N–H and O–H groups in total. The molecule has 166 valence electrons. The SMILES string of the molecule is CCNC(=NCc1csc(CC)n1)NCC1(CN2CCOCC2)CCCCC1.I. The van der Waals surface area contributed by atoms with Gasteiger partial charge in [-0.05, 0) is 26.2 Å². The van der Waals surface area contributed by atoms with E-state index < -0.39 is 0 Å². The van der Waals surface area contributed by atoms with Gasteiger partial charge in [0.2, 0.25) is 0 Å². The van der Waals surface area contributed by atoms with E-state index in [0.29, 0.717) is 12.0 Å². The minimum atomic E-state index is 0. The van der Waals surface area contributed by atoms with Crippen LogP contribution in [0.2, 0.25) is 0 Å². The Morgan fingerprint density at radius 1 is 1.21 bits per heavy atom. The molecule has 0 radical (unpaired) electrons. The molecule has 1 aromatic rings. The van der Waals surface area contributed by atoms with Crippen LogP contribution in [0.5, 0.6) is 0 Å². The average Bonchev–Trinajstić information content (AvgIpc) is 3.20. The Morgan fingerprint density at radius 2 is 1.97 bits per heavy atom. The van der Waals surface area contributed by atoms with E-state index in [2.05, 4.69) is 39.7 Å². The van der Waals surface area contributed by atoms with Crippen molar-refractivity contribution >= 4 is 41.3 Å². The van der Waals surface area contributed by atoms with Gasteiger partial charge in [0.05, 0.1) is 30.5 Å². The van der Waals surface area contributed by atoms with Crippen LogP contribution in [0.1, 0.15) is 56.7 Å². The molecule has 0 aromatic carbocycles. The van der Waals surface area contributed by atoms with Gasteiger partial charge in [-0.2, -0.15) is 0 Å². The summed E-state index contributed by atoms with van der Waals surface area (Å²) in [5, 5.41) is 10.4. The van der Waals surface area contributed by atoms with E-state index in [1.165, 1.54) is 43.7 Å². The van der Waals surface area contributed by atoms with Crippen LogP contribution < -0.4 is 10.6 Å². The molecule has 3 rings (SSSR count). The summed E-state index contributed by atoms with van der Waals surface area (Å²) in [5.74, 6) is 0.917. The summed E-state index contributed by atoms with van der Waals surface area (Å²) in [6.45, 7) is 11.8. The lowest BCUT2D eigenvalue weighted by Crippen LogP contribution is -2.51. The zero-order valence-corrected chi connectivity index (χ0v) is 21.2. The molecule has 1 saturated heterocycles. The van der Waals surface area contributed by atoms with Gasteiger partial charge in [-0.1, -0.05) is 26.2 Å². The lowest BCUT2D eigenvalue weighted by atomic mass is 9.73. The number of guanidine groups is 1. The fourth-order valence-corrected chi connectivity index (χ4v) is 5.02. The molecule has 0 spiro atoms. The van der Waals surface area contributed by atoms with Crippen LogP contribution in [0.25, 0.3) is 0 Å². The molecule has 1 saturated carbocycles. The normalized spacial score (nSPS) is 20.1. The van der Waals surface area contributed by atoms with E-state index in [1.807, 2.05) is 0 Å². The van der Waals surface area contributed by atoms with Crippen molar-refractivity contribution < 1.29 is 4.74 Å². The lowest BCUT2D eigenvalue weighted by molar-refractivity contribution is 0.00820. The van der Waals surface area contributed by atoms with Gasteiger partial charge in [-0.15, -0.1) is 35.3 Å². The number of aliphatic imine (C=N–C) groups is 1. The van der Waals surface area contributed by atoms with E-state index >= 15 is 0 Å². The van der Waals surface area contributed by atoms with Gasteiger partial charge < -0.3 is 15.4 Å². The molecule has 2 fully saturated rings. The molecular formula is C21H38IN5OS. The molecule has 0 unspecified atom stereocenters. The summed E-state index contributed by atoms with van der Waals surface area (Å²) in [6.07, 6.45) is 7.68. The number of hydrogen-bond acceptors (Lipinski definition) is 5. The molecule has 1 aliphatic carbocycles. The standard InChI is InChI=1S/C21H37N5OS.HI/c1-3-19-25-18(15-28-19)14-23-20(22-4-2)24-16-21(8-6-5-7-9-21)17-26-10-12-27-13-11-26;/h15H,3-14,16-17H2,1-2H3,(H2,22,23,24);1H. The first kappa shape index (κ1) is 24.8. The molecule has 1 aliphatic heterocycles. The van der Waals surface area contributed by atoms with Crippen LogP contribution in [-0.4, -0.2) is 61.8 Å². The first-order valence-corrected chi connectivity index (χ1v) is 11.9. The van der Waals surface area contributed by atoms with E-state index in [4.69, 9.17) is 9.73 Å². The van der Waals surface area contributed by atoms with E-state index in [-0.39, 0.29) is 24.0 Å². The number of thiazole rings is 1. The molecule has 8 heteroatoms. The topological polar surface area (TPSA) is 61.8 Å². The Bertz CT molecular complexity index is 612. The van der Waals surface area contributed by atoms with Crippen LogP contribution in [0, 0.1) is 5.41 Å². The number of hydrogen-bond donors (Lipinski definition) is 2. The number of ether oxygens (including phenoxy) is 1. The zero-order valence-electron chi connectivity index (χ0n) is 18.0. The molecule has 6 nitrogen and oxygen atoms in total. The third kappa shape index (κ3) is 7.95. The second-order valence-corrected chi connectivity index (χ2v) is 9.03. The molecule has 0 atom stereocenters. The van der Waals surface area contributed by atoms with Gasteiger partial charge in [-0.3, -0.25) is 4.90 Å². The smallest absolute Gasteiger partial charge is 0.191 e. The second-order valence-electron chi connectivity index (χ2n) is 8.08. The fraction of sp³-hybridized carbons (Fsp3) is 0.810. The molecule has 0 amide bonds. The zero-order chi connectivity index (χ0) is 19.7. The van der Waals surface area contributed by atoms with Gasteiger partial charge in [0.1, 0.15) is 0 Å². The van der Waals surface area contributed by atoms with Crippen molar-refractivity contribution in [2.24, 2.45) is 10.4 Å². The van der Waals surface area contributed by atoms with Gasteiger partial charge in [0.15, 0.2) is 5.96 Å². The Balaban J connectivity index is 0.00000300. The number of nitrogens with one attached hydrogen (secondary N) is 2. The number of nitrogens with zero attached hydrogens (tertiary/aromatic N) is 3. The minimum Gasteiger partial charge on any atom is -0.379 e. The van der Waals surface area contributed by atoms with Crippen LogP contribution in [0.4, 0.5) is 0 Å². The Morgan fingerprint density at radius 3 is 2.62 bits per heavy atom. The van der Waals surface area contributed by atoms with Gasteiger partial charge in [-0.25, -0.2) is 9.98 Å². The number of halogens is 1. The number of aromatic nitrogens is 1. The fourth-order valence-electron chi connectivity index (χ4n) is 4.28. The summed E-state index contributed by atoms with van der Waals surface area (Å²) in [4.78, 5) is 12.0. The summed E-state index contributed by atoms with van der Waals surface area (Å²) < 4.78 is 5.54. The van der Waals surface area contributed by atoms with Crippen molar-refractivity contribution in [2.75, 3.05) is 45.9 Å². The van der Waals surface area contributed by atoms with Gasteiger partial charge >= 0.3 is 0 Å². The maximum Gasteiger partial charge on any atom is 0.191 e. The quantitative estimate of drug-likeness (QED) is 0.302. The summed E-state index contributed by atoms with van der Waals surface area (Å²) in [5.41, 5.74) is 1.42. The molecular weight excluding hydrogens is 497 g/mol. The highest BCUT2D eigenvalue weighted by Crippen LogP contribution is 2.36. The summed E-state index contributed by atoms with van der Waals surface area (Å²) in [6, 6.07) is 0. The van der Waals surface area contributed by atoms with Gasteiger partial charge in [0, 0.05) is 43.5 Å². The predicted octanol–water partition coefficient (Wildman–Crippen LogP) is 3.66. The van der Waals surface area contributed by atoms with Crippen LogP contribution in [0.3, 0.4) is 0 Å². The minimum absolute atomic E-state index is 0. The van der Waals surface area contributed by atoms with Crippen molar-refractivity contribution in [3.63, 3.8) is 0 Å². The number of aryl methyl sites for hydroxylation is 1. The largest absolute Gasteiger partial charge is 0.379 e. The van der Waals surface area contributed by atoms with Crippen molar-refractivity contribution in [3.8, 4) is 0 Å². The van der Waals surface area contributed by atoms with Crippen molar-refractivity contribution in [1.82, 2.24) is 20.5 Å². The maximum absolute atomic E-state index is 5.54. The predicted molar refractivity (Wildman–Crippen MR) is 133 cm³/mol. The van der Waals surface area contributed by atoms with Crippen molar-refractivity contribution in [2.45, 2.75) is 58.9 Å². The molecule has 2 aliphatic rings. The molecule has 0 bridgehead atoms. The highest BCUT2D eigenvalue weighted by molar-refractivity contribution is 14.0. The Hall–Kier alpha value is -0.450. The maximum atomic E-state index is 5.54. The molecule has 29 heavy (non-hydrogen) atoms. The summed E-state index contributed by atoms with van der Waals surface area (Å²) >= 11 is 1.73. The first-order chi connectivity index (χ1) is 13.7. The number of morpholine rings is 1. The van der Waals surface area contributed by atoms with Crippen LogP contribution in [0.15, 0.2) is 10.4 Å². The second kappa shape index (κ2) is 13.1. The van der Waals surface area contributed by atoms with Crippen molar-refractivity contribution in [3.05, 3.63) is 16.1 Å². The highest BCUT2D eigenvalue weighted by Gasteiger charge is 2.34. The third-order valence-corrected chi connectivity index (χ3v) is 6.89. The molecule has 2 heterocycles. The Labute approximate surface area is 197 Å². The number of rotatable bonds is 8. The Kier molecular flexibility index (Phi) is 11.2. The van der Waals surface area contributed by atoms with E-state index in [9.17, 15) is 0 Å². The molecule has 1 aromatic heterocycles. The highest BCUT2D eigenvalue weighted by atomic mass is 127. The van der Waals surface area contributed by atoms with E-state index in [0.717, 1.165) is 57.5 Å². The summed E-state index contributed by atoms with van der Waals surface area (Å²) in [7, 11) is 0. The first-order valence-electron chi connectivity index (χ1n) is 11.0. The monoisotopic (exact) mass is 535 g/mol. The van der Waals surface area contributed by atoms with Crippen LogP contribution in [-0.2, 0) is 17.7 Å². The van der Waals surface area contributed by atoms with E-state index in [1.54, 1.807) is 11.3 Å². The lowest BCUT2D eigenvalue weighted by Gasteiger charge is -2.42.